The van der Waals surface area contributed by atoms with Crippen LogP contribution < -0.4 is 5.32 Å². The van der Waals surface area contributed by atoms with Gasteiger partial charge in [0.05, 0.1) is 24.1 Å². The van der Waals surface area contributed by atoms with Crippen LogP contribution in [-0.4, -0.2) is 50.4 Å². The molecule has 1 aliphatic rings. The van der Waals surface area contributed by atoms with Crippen LogP contribution in [-0.2, 0) is 21.1 Å². The Morgan fingerprint density at radius 2 is 1.61 bits per heavy atom. The average molecular weight is 401 g/mol. The summed E-state index contributed by atoms with van der Waals surface area (Å²) in [6, 6.07) is 20.2. The van der Waals surface area contributed by atoms with Crippen molar-refractivity contribution < 1.29 is 13.2 Å². The molecule has 5 nitrogen and oxygen atoms in total. The smallest absolute Gasteiger partial charge is 0.234 e. The third-order valence-corrected chi connectivity index (χ3v) is 7.08. The molecule has 6 heteroatoms. The number of nitrogens with one attached hydrogen (secondary N) is 1. The third-order valence-electron chi connectivity index (χ3n) is 5.36. The molecule has 1 N–H and O–H groups in total. The molecule has 1 heterocycles. The summed E-state index contributed by atoms with van der Waals surface area (Å²) in [5.74, 6) is 0.384. The largest absolute Gasteiger partial charge is 0.348 e. The minimum atomic E-state index is -2.89. The first-order chi connectivity index (χ1) is 13.4. The van der Waals surface area contributed by atoms with E-state index in [9.17, 15) is 13.2 Å². The van der Waals surface area contributed by atoms with Gasteiger partial charge in [0.25, 0.3) is 0 Å². The van der Waals surface area contributed by atoms with Crippen molar-refractivity contribution in [2.45, 2.75) is 31.3 Å². The average Bonchev–Trinajstić information content (AvgIpc) is 2.69. The Labute approximate surface area is 167 Å². The number of rotatable bonds is 7. The van der Waals surface area contributed by atoms with Crippen LogP contribution in [0.15, 0.2) is 60.7 Å². The van der Waals surface area contributed by atoms with E-state index in [1.807, 2.05) is 60.5 Å². The monoisotopic (exact) mass is 400 g/mol. The van der Waals surface area contributed by atoms with E-state index >= 15 is 0 Å². The van der Waals surface area contributed by atoms with E-state index in [2.05, 4.69) is 17.4 Å². The summed E-state index contributed by atoms with van der Waals surface area (Å²) >= 11 is 0. The molecule has 2 aromatic carbocycles. The van der Waals surface area contributed by atoms with E-state index < -0.39 is 9.84 Å². The standard InChI is InChI=1S/C22H28N2O3S/c1-24(20-12-14-28(26,27)15-13-20)17-22(25)23-21(19-10-6-3-7-11-19)16-18-8-4-2-5-9-18/h2-11,20-21H,12-17H2,1H3,(H,23,25)/t21-/m1/s1. The fraction of sp³-hybridized carbons (Fsp3) is 0.409. The zero-order chi connectivity index (χ0) is 20.0. The van der Waals surface area contributed by atoms with Crippen LogP contribution >= 0.6 is 0 Å². The van der Waals surface area contributed by atoms with Crippen molar-refractivity contribution in [1.29, 1.82) is 0 Å². The van der Waals surface area contributed by atoms with Gasteiger partial charge in [-0.15, -0.1) is 0 Å². The molecule has 1 aliphatic heterocycles. The highest BCUT2D eigenvalue weighted by Gasteiger charge is 2.27. The quantitative estimate of drug-likeness (QED) is 0.776. The van der Waals surface area contributed by atoms with Gasteiger partial charge in [0, 0.05) is 6.04 Å². The number of carbonyl (C=O) groups excluding carboxylic acids is 1. The molecule has 0 unspecified atom stereocenters. The van der Waals surface area contributed by atoms with Gasteiger partial charge >= 0.3 is 0 Å². The highest BCUT2D eigenvalue weighted by Crippen LogP contribution is 2.19. The van der Waals surface area contributed by atoms with Crippen LogP contribution in [0.1, 0.15) is 30.0 Å². The first kappa shape index (κ1) is 20.6. The summed E-state index contributed by atoms with van der Waals surface area (Å²) < 4.78 is 23.2. The number of benzene rings is 2. The molecule has 0 radical (unpaired) electrons. The summed E-state index contributed by atoms with van der Waals surface area (Å²) in [6.07, 6.45) is 1.92. The van der Waals surface area contributed by atoms with Gasteiger partial charge in [0.2, 0.25) is 5.91 Å². The van der Waals surface area contributed by atoms with Crippen molar-refractivity contribution in [3.8, 4) is 0 Å². The molecule has 0 saturated carbocycles. The van der Waals surface area contributed by atoms with E-state index in [4.69, 9.17) is 0 Å². The molecule has 1 atom stereocenters. The second-order valence-electron chi connectivity index (χ2n) is 7.52. The lowest BCUT2D eigenvalue weighted by Gasteiger charge is -2.31. The molecule has 2 aromatic rings. The molecule has 150 valence electrons. The molecule has 28 heavy (non-hydrogen) atoms. The van der Waals surface area contributed by atoms with Crippen LogP contribution in [0.2, 0.25) is 0 Å². The lowest BCUT2D eigenvalue weighted by atomic mass is 9.99. The van der Waals surface area contributed by atoms with Gasteiger partial charge < -0.3 is 5.32 Å². The lowest BCUT2D eigenvalue weighted by molar-refractivity contribution is -0.123. The SMILES string of the molecule is CN(CC(=O)N[C@H](Cc1ccccc1)c1ccccc1)C1CCS(=O)(=O)CC1. The number of sulfone groups is 1. The molecule has 3 rings (SSSR count). The Hall–Kier alpha value is -2.18. The molecule has 1 fully saturated rings. The van der Waals surface area contributed by atoms with Gasteiger partial charge in [0.1, 0.15) is 9.84 Å². The van der Waals surface area contributed by atoms with Crippen molar-refractivity contribution in [3.05, 3.63) is 71.8 Å². The maximum Gasteiger partial charge on any atom is 0.234 e. The van der Waals surface area contributed by atoms with Gasteiger partial charge in [0.15, 0.2) is 0 Å². The molecular weight excluding hydrogens is 372 g/mol. The van der Waals surface area contributed by atoms with Crippen molar-refractivity contribution in [1.82, 2.24) is 10.2 Å². The maximum atomic E-state index is 12.7. The summed E-state index contributed by atoms with van der Waals surface area (Å²) in [4.78, 5) is 14.7. The summed E-state index contributed by atoms with van der Waals surface area (Å²) in [5, 5.41) is 3.17. The van der Waals surface area contributed by atoms with Crippen LogP contribution in [0.3, 0.4) is 0 Å². The van der Waals surface area contributed by atoms with E-state index in [1.54, 1.807) is 0 Å². The number of amides is 1. The normalized spacial score (nSPS) is 17.9. The molecule has 0 aliphatic carbocycles. The van der Waals surface area contributed by atoms with Crippen LogP contribution in [0.5, 0.6) is 0 Å². The van der Waals surface area contributed by atoms with Gasteiger partial charge in [-0.25, -0.2) is 8.42 Å². The second kappa shape index (κ2) is 9.34. The van der Waals surface area contributed by atoms with Crippen LogP contribution in [0.4, 0.5) is 0 Å². The number of hydrogen-bond donors (Lipinski definition) is 1. The summed E-state index contributed by atoms with van der Waals surface area (Å²) in [5.41, 5.74) is 2.24. The molecule has 1 saturated heterocycles. The first-order valence-electron chi connectivity index (χ1n) is 9.72. The van der Waals surface area contributed by atoms with Gasteiger partial charge in [-0.1, -0.05) is 60.7 Å². The topological polar surface area (TPSA) is 66.5 Å². The summed E-state index contributed by atoms with van der Waals surface area (Å²) in [7, 11) is -0.995. The number of likely N-dealkylation sites (N-methyl/N-ethyl adjacent to an activating group) is 1. The highest BCUT2D eigenvalue weighted by molar-refractivity contribution is 7.91. The predicted octanol–water partition coefficient (Wildman–Crippen LogP) is 2.60. The zero-order valence-corrected chi connectivity index (χ0v) is 17.1. The van der Waals surface area contributed by atoms with Crippen LogP contribution in [0, 0.1) is 0 Å². The number of carbonyl (C=O) groups is 1. The predicted molar refractivity (Wildman–Crippen MR) is 112 cm³/mol. The van der Waals surface area contributed by atoms with Crippen molar-refractivity contribution in [3.63, 3.8) is 0 Å². The van der Waals surface area contributed by atoms with Gasteiger partial charge in [-0.2, -0.15) is 0 Å². The first-order valence-corrected chi connectivity index (χ1v) is 11.5. The minimum absolute atomic E-state index is 0.0410. The Morgan fingerprint density at radius 3 is 2.21 bits per heavy atom. The molecule has 0 bridgehead atoms. The van der Waals surface area contributed by atoms with E-state index in [1.165, 1.54) is 5.56 Å². The lowest BCUT2D eigenvalue weighted by Crippen LogP contribution is -2.45. The van der Waals surface area contributed by atoms with E-state index in [0.717, 1.165) is 12.0 Å². The molecule has 0 spiro atoms. The summed E-state index contributed by atoms with van der Waals surface area (Å²) in [6.45, 7) is 0.267. The Balaban J connectivity index is 1.62. The van der Waals surface area contributed by atoms with Gasteiger partial charge in [-0.3, -0.25) is 9.69 Å². The van der Waals surface area contributed by atoms with E-state index in [0.29, 0.717) is 12.8 Å². The third kappa shape index (κ3) is 5.91. The van der Waals surface area contributed by atoms with Crippen molar-refractivity contribution in [2.24, 2.45) is 0 Å². The second-order valence-corrected chi connectivity index (χ2v) is 9.82. The Kier molecular flexibility index (Phi) is 6.86. The fourth-order valence-electron chi connectivity index (χ4n) is 3.70. The molecular formula is C22H28N2O3S. The van der Waals surface area contributed by atoms with E-state index in [-0.39, 0.29) is 36.0 Å². The Bertz CT molecular complexity index is 855. The van der Waals surface area contributed by atoms with Gasteiger partial charge in [-0.05, 0) is 37.4 Å². The zero-order valence-electron chi connectivity index (χ0n) is 16.3. The van der Waals surface area contributed by atoms with Crippen molar-refractivity contribution in [2.75, 3.05) is 25.1 Å². The number of nitrogens with zero attached hydrogens (tertiary/aromatic N) is 1. The number of hydrogen-bond acceptors (Lipinski definition) is 4. The molecule has 1 amide bonds. The van der Waals surface area contributed by atoms with Crippen molar-refractivity contribution >= 4 is 15.7 Å². The highest BCUT2D eigenvalue weighted by atomic mass is 32.2. The maximum absolute atomic E-state index is 12.7. The molecule has 0 aromatic heterocycles. The Morgan fingerprint density at radius 1 is 1.04 bits per heavy atom. The van der Waals surface area contributed by atoms with Crippen LogP contribution in [0.25, 0.3) is 0 Å². The minimum Gasteiger partial charge on any atom is -0.348 e. The fourth-order valence-corrected chi connectivity index (χ4v) is 5.17.